The first kappa shape index (κ1) is 20.9. The van der Waals surface area contributed by atoms with Crippen molar-refractivity contribution >= 4 is 41.0 Å². The topological polar surface area (TPSA) is 89.3 Å². The number of halogens is 1. The number of rotatable bonds is 7. The molecule has 1 N–H and O–H groups in total. The molecule has 0 fully saturated rings. The quantitative estimate of drug-likeness (QED) is 0.444. The Balaban J connectivity index is 1.34. The maximum Gasteiger partial charge on any atom is 0.338 e. The van der Waals surface area contributed by atoms with Gasteiger partial charge in [0.15, 0.2) is 5.16 Å². The second-order valence-corrected chi connectivity index (χ2v) is 7.64. The average molecular weight is 441 g/mol. The molecule has 0 saturated carbocycles. The molecule has 1 aliphatic heterocycles. The van der Waals surface area contributed by atoms with Crippen LogP contribution in [0.15, 0.2) is 53.7 Å². The van der Waals surface area contributed by atoms with E-state index in [0.717, 1.165) is 5.69 Å². The van der Waals surface area contributed by atoms with E-state index in [1.807, 2.05) is 9.47 Å². The lowest BCUT2D eigenvalue weighted by molar-refractivity contribution is -0.113. The second kappa shape index (κ2) is 9.17. The molecule has 0 saturated heterocycles. The highest BCUT2D eigenvalue weighted by Crippen LogP contribution is 2.32. The molecule has 0 radical (unpaired) electrons. The van der Waals surface area contributed by atoms with Crippen molar-refractivity contribution in [1.82, 2.24) is 14.8 Å². The Bertz CT molecular complexity index is 1090. The minimum Gasteiger partial charge on any atom is -0.462 e. The van der Waals surface area contributed by atoms with E-state index in [-0.39, 0.29) is 17.5 Å². The molecule has 0 unspecified atom stereocenters. The third-order valence-corrected chi connectivity index (χ3v) is 5.60. The maximum atomic E-state index is 13.2. The second-order valence-electron chi connectivity index (χ2n) is 6.70. The Kier molecular flexibility index (Phi) is 6.17. The minimum absolute atomic E-state index is 0.161. The van der Waals surface area contributed by atoms with Gasteiger partial charge in [-0.1, -0.05) is 11.8 Å². The predicted molar refractivity (Wildman–Crippen MR) is 115 cm³/mol. The van der Waals surface area contributed by atoms with Gasteiger partial charge in [0.1, 0.15) is 5.82 Å². The Morgan fingerprint density at radius 2 is 1.84 bits per heavy atom. The molecule has 0 bridgehead atoms. The van der Waals surface area contributed by atoms with Crippen LogP contribution in [-0.2, 0) is 16.1 Å². The number of carbonyl (C=O) groups excluding carboxylic acids is 2. The number of esters is 1. The smallest absolute Gasteiger partial charge is 0.338 e. The van der Waals surface area contributed by atoms with E-state index >= 15 is 0 Å². The van der Waals surface area contributed by atoms with Crippen LogP contribution in [-0.4, -0.2) is 45.5 Å². The van der Waals surface area contributed by atoms with Gasteiger partial charge in [0.2, 0.25) is 11.9 Å². The maximum absolute atomic E-state index is 13.2. The standard InChI is InChI=1S/C21H20FN5O3S/c1-2-30-19(29)14-3-7-16(8-4-14)23-18(28)13-31-21-25-24-20-26(11-12-27(20)21)17-9-5-15(22)6-10-17/h3-10H,2,11-13H2,1H3,(H,23,28). The zero-order valence-electron chi connectivity index (χ0n) is 16.7. The van der Waals surface area contributed by atoms with Crippen molar-refractivity contribution in [3.05, 3.63) is 59.9 Å². The fourth-order valence-electron chi connectivity index (χ4n) is 3.18. The molecule has 2 aromatic carbocycles. The van der Waals surface area contributed by atoms with Gasteiger partial charge in [-0.05, 0) is 55.5 Å². The molecule has 0 spiro atoms. The lowest BCUT2D eigenvalue weighted by Gasteiger charge is -2.14. The summed E-state index contributed by atoms with van der Waals surface area (Å²) < 4.78 is 20.1. The van der Waals surface area contributed by atoms with Crippen LogP contribution in [0.1, 0.15) is 17.3 Å². The number of nitrogens with zero attached hydrogens (tertiary/aromatic N) is 4. The van der Waals surface area contributed by atoms with Crippen molar-refractivity contribution in [3.63, 3.8) is 0 Å². The Morgan fingerprint density at radius 1 is 1.10 bits per heavy atom. The summed E-state index contributed by atoms with van der Waals surface area (Å²) in [5.41, 5.74) is 1.86. The number of anilines is 3. The van der Waals surface area contributed by atoms with E-state index in [2.05, 4.69) is 15.5 Å². The number of hydrogen-bond donors (Lipinski definition) is 1. The number of carbonyl (C=O) groups is 2. The zero-order chi connectivity index (χ0) is 21.8. The Hall–Kier alpha value is -3.40. The summed E-state index contributed by atoms with van der Waals surface area (Å²) in [5.74, 6) is -0.0499. The van der Waals surface area contributed by atoms with E-state index in [1.165, 1.54) is 23.9 Å². The van der Waals surface area contributed by atoms with Crippen molar-refractivity contribution < 1.29 is 18.7 Å². The summed E-state index contributed by atoms with van der Waals surface area (Å²) in [6.45, 7) is 3.43. The van der Waals surface area contributed by atoms with Crippen molar-refractivity contribution in [2.75, 3.05) is 29.1 Å². The van der Waals surface area contributed by atoms with Crippen LogP contribution in [0.3, 0.4) is 0 Å². The molecule has 3 aromatic rings. The molecule has 31 heavy (non-hydrogen) atoms. The number of amides is 1. The van der Waals surface area contributed by atoms with Gasteiger partial charge in [0.05, 0.1) is 17.9 Å². The van der Waals surface area contributed by atoms with Gasteiger partial charge >= 0.3 is 5.97 Å². The molecule has 1 aliphatic rings. The molecule has 4 rings (SSSR count). The van der Waals surface area contributed by atoms with Gasteiger partial charge in [-0.3, -0.25) is 9.36 Å². The molecule has 1 amide bonds. The Labute approximate surface area is 182 Å². The van der Waals surface area contributed by atoms with Crippen molar-refractivity contribution in [2.24, 2.45) is 0 Å². The van der Waals surface area contributed by atoms with Gasteiger partial charge in [0.25, 0.3) is 0 Å². The van der Waals surface area contributed by atoms with E-state index in [9.17, 15) is 14.0 Å². The minimum atomic E-state index is -0.397. The first-order valence-corrected chi connectivity index (χ1v) is 10.7. The first-order chi connectivity index (χ1) is 15.0. The lowest BCUT2D eigenvalue weighted by atomic mass is 10.2. The van der Waals surface area contributed by atoms with Crippen LogP contribution >= 0.6 is 11.8 Å². The number of aromatic nitrogens is 3. The highest BCUT2D eigenvalue weighted by Gasteiger charge is 2.26. The SMILES string of the molecule is CCOC(=O)c1ccc(NC(=O)CSc2nnc3n2CCN3c2ccc(F)cc2)cc1. The predicted octanol–water partition coefficient (Wildman–Crippen LogP) is 3.48. The molecule has 2 heterocycles. The summed E-state index contributed by atoms with van der Waals surface area (Å²) in [6.07, 6.45) is 0. The van der Waals surface area contributed by atoms with Crippen LogP contribution in [0.25, 0.3) is 0 Å². The lowest BCUT2D eigenvalue weighted by Crippen LogP contribution is -2.15. The molecular weight excluding hydrogens is 421 g/mol. The van der Waals surface area contributed by atoms with Gasteiger partial charge < -0.3 is 15.0 Å². The fraction of sp³-hybridized carbons (Fsp3) is 0.238. The van der Waals surface area contributed by atoms with Crippen LogP contribution in [0.2, 0.25) is 0 Å². The van der Waals surface area contributed by atoms with E-state index in [1.54, 1.807) is 43.3 Å². The first-order valence-electron chi connectivity index (χ1n) is 9.71. The summed E-state index contributed by atoms with van der Waals surface area (Å²) in [6, 6.07) is 12.8. The van der Waals surface area contributed by atoms with Crippen LogP contribution in [0.5, 0.6) is 0 Å². The summed E-state index contributed by atoms with van der Waals surface area (Å²) in [7, 11) is 0. The third-order valence-electron chi connectivity index (χ3n) is 4.64. The zero-order valence-corrected chi connectivity index (χ0v) is 17.6. The molecular formula is C21H20FN5O3S. The molecule has 160 valence electrons. The van der Waals surface area contributed by atoms with E-state index in [4.69, 9.17) is 4.74 Å². The largest absolute Gasteiger partial charge is 0.462 e. The van der Waals surface area contributed by atoms with Gasteiger partial charge in [-0.15, -0.1) is 10.2 Å². The highest BCUT2D eigenvalue weighted by molar-refractivity contribution is 7.99. The average Bonchev–Trinajstić information content (AvgIpc) is 3.36. The monoisotopic (exact) mass is 441 g/mol. The van der Waals surface area contributed by atoms with Crippen LogP contribution in [0.4, 0.5) is 21.7 Å². The summed E-state index contributed by atoms with van der Waals surface area (Å²) in [4.78, 5) is 26.0. The number of hydrogen-bond acceptors (Lipinski definition) is 7. The normalized spacial score (nSPS) is 12.5. The molecule has 8 nitrogen and oxygen atoms in total. The van der Waals surface area contributed by atoms with E-state index in [0.29, 0.717) is 42.1 Å². The molecule has 1 aromatic heterocycles. The molecule has 10 heteroatoms. The van der Waals surface area contributed by atoms with Crippen molar-refractivity contribution in [1.29, 1.82) is 0 Å². The van der Waals surface area contributed by atoms with Gasteiger partial charge in [-0.25, -0.2) is 9.18 Å². The van der Waals surface area contributed by atoms with Crippen LogP contribution < -0.4 is 10.2 Å². The molecule has 0 aliphatic carbocycles. The van der Waals surface area contributed by atoms with Crippen LogP contribution in [0, 0.1) is 5.82 Å². The number of thioether (sulfide) groups is 1. The van der Waals surface area contributed by atoms with Crippen molar-refractivity contribution in [3.8, 4) is 0 Å². The van der Waals surface area contributed by atoms with E-state index < -0.39 is 5.97 Å². The van der Waals surface area contributed by atoms with Crippen molar-refractivity contribution in [2.45, 2.75) is 18.6 Å². The highest BCUT2D eigenvalue weighted by atomic mass is 32.2. The number of fused-ring (bicyclic) bond motifs is 1. The summed E-state index contributed by atoms with van der Waals surface area (Å²) in [5, 5.41) is 11.9. The molecule has 0 atom stereocenters. The summed E-state index contributed by atoms with van der Waals surface area (Å²) >= 11 is 1.29. The van der Waals surface area contributed by atoms with Gasteiger partial charge in [0, 0.05) is 24.5 Å². The number of nitrogens with one attached hydrogen (secondary N) is 1. The Morgan fingerprint density at radius 3 is 2.55 bits per heavy atom. The third kappa shape index (κ3) is 4.69. The van der Waals surface area contributed by atoms with Gasteiger partial charge in [-0.2, -0.15) is 0 Å². The number of benzene rings is 2. The fourth-order valence-corrected chi connectivity index (χ4v) is 3.94. The number of ether oxygens (including phenoxy) is 1.